The van der Waals surface area contributed by atoms with Crippen LogP contribution in [0.15, 0.2) is 53.1 Å². The fourth-order valence-electron chi connectivity index (χ4n) is 2.27. The molecule has 3 rings (SSSR count). The average molecular weight is 380 g/mol. The molecule has 2 aromatic rings. The van der Waals surface area contributed by atoms with Crippen molar-refractivity contribution in [2.75, 3.05) is 19.8 Å². The van der Waals surface area contributed by atoms with Crippen molar-refractivity contribution in [2.45, 2.75) is 19.7 Å². The van der Waals surface area contributed by atoms with Crippen molar-refractivity contribution in [3.63, 3.8) is 0 Å². The number of esters is 1. The minimum absolute atomic E-state index is 0.195. The third-order valence-corrected chi connectivity index (χ3v) is 5.60. The zero-order chi connectivity index (χ0) is 18.6. The van der Waals surface area contributed by atoms with Crippen LogP contribution in [0.4, 0.5) is 0 Å². The third-order valence-electron chi connectivity index (χ3n) is 3.69. The van der Waals surface area contributed by atoms with Gasteiger partial charge in [-0.1, -0.05) is 32.0 Å². The SMILES string of the molecule is CC1(C)COP(=O)(C(OC(=O)COc2ccccc2)c2ccco2)OC1. The lowest BCUT2D eigenvalue weighted by atomic mass is 9.97. The molecule has 1 aromatic carbocycles. The van der Waals surface area contributed by atoms with Gasteiger partial charge in [-0.2, -0.15) is 0 Å². The van der Waals surface area contributed by atoms with Gasteiger partial charge in [0.05, 0.1) is 19.5 Å². The molecule has 1 unspecified atom stereocenters. The van der Waals surface area contributed by atoms with Crippen molar-refractivity contribution < 1.29 is 32.3 Å². The van der Waals surface area contributed by atoms with Crippen LogP contribution in [0.2, 0.25) is 0 Å². The molecule has 1 aliphatic rings. The lowest BCUT2D eigenvalue weighted by Gasteiger charge is -2.36. The summed E-state index contributed by atoms with van der Waals surface area (Å²) < 4.78 is 40.1. The molecule has 7 nitrogen and oxygen atoms in total. The third kappa shape index (κ3) is 4.55. The molecule has 1 aromatic heterocycles. The number of hydrogen-bond acceptors (Lipinski definition) is 7. The Balaban J connectivity index is 1.69. The van der Waals surface area contributed by atoms with Gasteiger partial charge >= 0.3 is 13.6 Å². The fraction of sp³-hybridized carbons (Fsp3) is 0.389. The molecule has 1 saturated heterocycles. The molecule has 0 bridgehead atoms. The minimum Gasteiger partial charge on any atom is -0.482 e. The van der Waals surface area contributed by atoms with Crippen LogP contribution in [-0.4, -0.2) is 25.8 Å². The highest BCUT2D eigenvalue weighted by Gasteiger charge is 2.47. The highest BCUT2D eigenvalue weighted by Crippen LogP contribution is 2.64. The maximum Gasteiger partial charge on any atom is 0.378 e. The summed E-state index contributed by atoms with van der Waals surface area (Å²) in [5.74, 6) is -1.26. The van der Waals surface area contributed by atoms with Gasteiger partial charge in [0, 0.05) is 5.41 Å². The first-order valence-electron chi connectivity index (χ1n) is 8.18. The first-order valence-corrected chi connectivity index (χ1v) is 9.79. The molecule has 0 saturated carbocycles. The largest absolute Gasteiger partial charge is 0.482 e. The van der Waals surface area contributed by atoms with E-state index in [2.05, 4.69) is 0 Å². The summed E-state index contributed by atoms with van der Waals surface area (Å²) in [6, 6.07) is 12.0. The van der Waals surface area contributed by atoms with Crippen molar-refractivity contribution in [1.82, 2.24) is 0 Å². The Morgan fingerprint density at radius 1 is 1.15 bits per heavy atom. The molecule has 1 fully saturated rings. The van der Waals surface area contributed by atoms with Gasteiger partial charge in [-0.05, 0) is 24.3 Å². The molecule has 140 valence electrons. The first-order chi connectivity index (χ1) is 12.4. The van der Waals surface area contributed by atoms with E-state index in [0.29, 0.717) is 5.75 Å². The summed E-state index contributed by atoms with van der Waals surface area (Å²) in [5, 5.41) is 0. The van der Waals surface area contributed by atoms with Crippen LogP contribution >= 0.6 is 7.60 Å². The van der Waals surface area contributed by atoms with E-state index in [4.69, 9.17) is 22.9 Å². The minimum atomic E-state index is -3.73. The van der Waals surface area contributed by atoms with Gasteiger partial charge in [0.15, 0.2) is 12.4 Å². The van der Waals surface area contributed by atoms with Gasteiger partial charge in [0.2, 0.25) is 0 Å². The van der Waals surface area contributed by atoms with Crippen molar-refractivity contribution in [1.29, 1.82) is 0 Å². The van der Waals surface area contributed by atoms with Crippen LogP contribution in [0, 0.1) is 5.41 Å². The highest BCUT2D eigenvalue weighted by molar-refractivity contribution is 7.54. The Labute approximate surface area is 151 Å². The van der Waals surface area contributed by atoms with Crippen LogP contribution in [0.3, 0.4) is 0 Å². The van der Waals surface area contributed by atoms with Gasteiger partial charge in [-0.15, -0.1) is 0 Å². The molecule has 2 heterocycles. The Morgan fingerprint density at radius 3 is 2.46 bits per heavy atom. The predicted octanol–water partition coefficient (Wildman–Crippen LogP) is 4.17. The van der Waals surface area contributed by atoms with Crippen molar-refractivity contribution in [3.05, 3.63) is 54.5 Å². The van der Waals surface area contributed by atoms with Crippen molar-refractivity contribution >= 4 is 13.6 Å². The second kappa shape index (κ2) is 7.66. The number of rotatable bonds is 6. The van der Waals surface area contributed by atoms with E-state index in [0.717, 1.165) is 0 Å². The van der Waals surface area contributed by atoms with E-state index < -0.39 is 19.4 Å². The van der Waals surface area contributed by atoms with E-state index in [-0.39, 0.29) is 31.0 Å². The van der Waals surface area contributed by atoms with Crippen LogP contribution in [0.5, 0.6) is 5.75 Å². The Bertz CT molecular complexity index is 756. The van der Waals surface area contributed by atoms with Gasteiger partial charge in [0.25, 0.3) is 5.85 Å². The standard InChI is InChI=1S/C18H21O7P/c1-18(2)12-23-26(20,24-13-18)17(15-9-6-10-21-15)25-16(19)11-22-14-7-4-3-5-8-14/h3-10,17H,11-13H2,1-2H3. The molecule has 0 spiro atoms. The lowest BCUT2D eigenvalue weighted by molar-refractivity contribution is -0.150. The van der Waals surface area contributed by atoms with E-state index in [1.807, 2.05) is 19.9 Å². The monoisotopic (exact) mass is 380 g/mol. The van der Waals surface area contributed by atoms with E-state index in [1.54, 1.807) is 36.4 Å². The van der Waals surface area contributed by atoms with Gasteiger partial charge in [-0.25, -0.2) is 4.79 Å². The molecular formula is C18H21O7P. The molecule has 26 heavy (non-hydrogen) atoms. The number of para-hydroxylation sites is 1. The molecule has 0 radical (unpaired) electrons. The number of carbonyl (C=O) groups excluding carboxylic acids is 1. The Kier molecular flexibility index (Phi) is 5.51. The van der Waals surface area contributed by atoms with Crippen LogP contribution in [0.1, 0.15) is 25.5 Å². The Hall–Kier alpha value is -2.08. The van der Waals surface area contributed by atoms with Gasteiger partial charge < -0.3 is 22.9 Å². The molecule has 1 atom stereocenters. The summed E-state index contributed by atoms with van der Waals surface area (Å²) in [6.45, 7) is 3.96. The summed E-state index contributed by atoms with van der Waals surface area (Å²) in [4.78, 5) is 12.2. The zero-order valence-electron chi connectivity index (χ0n) is 14.6. The fourth-order valence-corrected chi connectivity index (χ4v) is 4.38. The molecule has 0 N–H and O–H groups in total. The van der Waals surface area contributed by atoms with Crippen LogP contribution in [0.25, 0.3) is 0 Å². The number of benzene rings is 1. The molecule has 8 heteroatoms. The first kappa shape index (κ1) is 18.7. The van der Waals surface area contributed by atoms with Gasteiger partial charge in [0.1, 0.15) is 5.75 Å². The average Bonchev–Trinajstić information content (AvgIpc) is 3.16. The number of carbonyl (C=O) groups is 1. The van der Waals surface area contributed by atoms with Crippen molar-refractivity contribution in [2.24, 2.45) is 5.41 Å². The van der Waals surface area contributed by atoms with E-state index >= 15 is 0 Å². The Morgan fingerprint density at radius 2 is 1.85 bits per heavy atom. The normalized spacial score (nSPS) is 19.5. The quantitative estimate of drug-likeness (QED) is 0.549. The predicted molar refractivity (Wildman–Crippen MR) is 92.8 cm³/mol. The number of ether oxygens (including phenoxy) is 2. The van der Waals surface area contributed by atoms with Crippen LogP contribution < -0.4 is 4.74 Å². The summed E-state index contributed by atoms with van der Waals surface area (Å²) >= 11 is 0. The maximum atomic E-state index is 13.1. The topological polar surface area (TPSA) is 84.2 Å². The maximum absolute atomic E-state index is 13.1. The number of furan rings is 1. The highest BCUT2D eigenvalue weighted by atomic mass is 31.2. The second-order valence-electron chi connectivity index (χ2n) is 6.71. The molecule has 0 amide bonds. The molecular weight excluding hydrogens is 359 g/mol. The van der Waals surface area contributed by atoms with Gasteiger partial charge in [-0.3, -0.25) is 4.57 Å². The summed E-state index contributed by atoms with van der Waals surface area (Å²) in [5.41, 5.74) is -0.276. The number of hydrogen-bond donors (Lipinski definition) is 0. The second-order valence-corrected chi connectivity index (χ2v) is 8.78. The van der Waals surface area contributed by atoms with Crippen molar-refractivity contribution in [3.8, 4) is 5.75 Å². The summed E-state index contributed by atoms with van der Waals surface area (Å²) in [7, 11) is -3.73. The molecule has 1 aliphatic heterocycles. The van der Waals surface area contributed by atoms with E-state index in [1.165, 1.54) is 6.26 Å². The molecule has 0 aliphatic carbocycles. The lowest BCUT2D eigenvalue weighted by Crippen LogP contribution is -2.31. The van der Waals surface area contributed by atoms with E-state index in [9.17, 15) is 9.36 Å². The zero-order valence-corrected chi connectivity index (χ0v) is 15.5. The summed E-state index contributed by atoms with van der Waals surface area (Å²) in [6.07, 6.45) is 1.40. The van der Waals surface area contributed by atoms with Crippen LogP contribution in [-0.2, 0) is 23.1 Å². The smallest absolute Gasteiger partial charge is 0.378 e.